The lowest BCUT2D eigenvalue weighted by molar-refractivity contribution is 0.329. The maximum atomic E-state index is 13.8. The molecule has 1 aliphatic rings. The van der Waals surface area contributed by atoms with Crippen molar-refractivity contribution in [3.05, 3.63) is 23.8 Å². The van der Waals surface area contributed by atoms with E-state index in [1.165, 1.54) is 12.5 Å². The molecule has 0 spiro atoms. The van der Waals surface area contributed by atoms with Gasteiger partial charge >= 0.3 is 0 Å². The molecule has 0 amide bonds. The van der Waals surface area contributed by atoms with Crippen LogP contribution in [0.15, 0.2) is 12.1 Å². The molecule has 1 fully saturated rings. The number of rotatable bonds is 1. The third-order valence-corrected chi connectivity index (χ3v) is 3.45. The smallest absolute Gasteiger partial charge is 0.186 e. The quantitative estimate of drug-likeness (QED) is 0.762. The van der Waals surface area contributed by atoms with Gasteiger partial charge < -0.3 is 0 Å². The average molecular weight is 237 g/mol. The maximum absolute atomic E-state index is 13.8. The highest BCUT2D eigenvalue weighted by Gasteiger charge is 2.21. The van der Waals surface area contributed by atoms with E-state index < -0.39 is 11.6 Å². The van der Waals surface area contributed by atoms with Crippen LogP contribution in [-0.4, -0.2) is 15.0 Å². The lowest BCUT2D eigenvalue weighted by Crippen LogP contribution is -2.14. The van der Waals surface area contributed by atoms with Gasteiger partial charge in [0, 0.05) is 0 Å². The Bertz CT molecular complexity index is 544. The molecule has 0 bridgehead atoms. The predicted octanol–water partition coefficient (Wildman–Crippen LogP) is 3.21. The Morgan fingerprint density at radius 1 is 1.12 bits per heavy atom. The van der Waals surface area contributed by atoms with Crippen molar-refractivity contribution in [1.82, 2.24) is 15.0 Å². The van der Waals surface area contributed by atoms with Crippen LogP contribution in [0.2, 0.25) is 0 Å². The molecule has 2 aromatic rings. The van der Waals surface area contributed by atoms with Crippen LogP contribution in [-0.2, 0) is 0 Å². The zero-order valence-corrected chi connectivity index (χ0v) is 9.37. The molecular weight excluding hydrogens is 224 g/mol. The summed E-state index contributed by atoms with van der Waals surface area (Å²) in [4.78, 5) is 0. The van der Waals surface area contributed by atoms with Gasteiger partial charge in [-0.25, -0.2) is 13.5 Å². The molecule has 5 heteroatoms. The van der Waals surface area contributed by atoms with Crippen LogP contribution in [0.5, 0.6) is 0 Å². The molecule has 1 saturated carbocycles. The molecule has 1 aromatic carbocycles. The molecule has 0 saturated heterocycles. The lowest BCUT2D eigenvalue weighted by Gasteiger charge is -2.21. The second-order valence-corrected chi connectivity index (χ2v) is 4.55. The highest BCUT2D eigenvalue weighted by Crippen LogP contribution is 2.30. The first-order valence-corrected chi connectivity index (χ1v) is 5.96. The third kappa shape index (κ3) is 1.69. The van der Waals surface area contributed by atoms with Gasteiger partial charge in [0.1, 0.15) is 11.0 Å². The zero-order valence-electron chi connectivity index (χ0n) is 9.37. The van der Waals surface area contributed by atoms with E-state index >= 15 is 0 Å². The maximum Gasteiger partial charge on any atom is 0.186 e. The third-order valence-electron chi connectivity index (χ3n) is 3.45. The van der Waals surface area contributed by atoms with Gasteiger partial charge in [-0.3, -0.25) is 0 Å². The zero-order chi connectivity index (χ0) is 11.8. The number of fused-ring (bicyclic) bond motifs is 1. The first kappa shape index (κ1) is 10.6. The summed E-state index contributed by atoms with van der Waals surface area (Å²) in [5, 5.41) is 7.88. The fourth-order valence-electron chi connectivity index (χ4n) is 2.55. The monoisotopic (exact) mass is 237 g/mol. The second-order valence-electron chi connectivity index (χ2n) is 4.55. The molecule has 0 aliphatic heterocycles. The Morgan fingerprint density at radius 2 is 1.88 bits per heavy atom. The topological polar surface area (TPSA) is 30.7 Å². The molecule has 0 radical (unpaired) electrons. The van der Waals surface area contributed by atoms with Crippen molar-refractivity contribution in [2.75, 3.05) is 0 Å². The Morgan fingerprint density at radius 3 is 2.65 bits per heavy atom. The Balaban J connectivity index is 2.12. The second kappa shape index (κ2) is 4.05. The summed E-state index contributed by atoms with van der Waals surface area (Å²) in [6, 6.07) is 2.72. The minimum absolute atomic E-state index is 0.157. The van der Waals surface area contributed by atoms with Gasteiger partial charge in [-0.2, -0.15) is 0 Å². The van der Waals surface area contributed by atoms with Crippen molar-refractivity contribution >= 4 is 11.0 Å². The predicted molar refractivity (Wildman–Crippen MR) is 59.6 cm³/mol. The largest absolute Gasteiger partial charge is 0.238 e. The number of aromatic nitrogens is 3. The van der Waals surface area contributed by atoms with Crippen LogP contribution >= 0.6 is 0 Å². The number of hydrogen-bond donors (Lipinski definition) is 0. The molecule has 3 rings (SSSR count). The van der Waals surface area contributed by atoms with E-state index in [1.807, 2.05) is 0 Å². The van der Waals surface area contributed by atoms with Crippen LogP contribution in [0.3, 0.4) is 0 Å². The van der Waals surface area contributed by atoms with Crippen molar-refractivity contribution in [2.45, 2.75) is 38.1 Å². The lowest BCUT2D eigenvalue weighted by atomic mass is 9.95. The van der Waals surface area contributed by atoms with E-state index in [0.717, 1.165) is 31.7 Å². The van der Waals surface area contributed by atoms with Crippen LogP contribution in [0.1, 0.15) is 38.1 Å². The van der Waals surface area contributed by atoms with Gasteiger partial charge in [-0.1, -0.05) is 24.5 Å². The number of hydrogen-bond acceptors (Lipinski definition) is 2. The summed E-state index contributed by atoms with van der Waals surface area (Å²) in [6.07, 6.45) is 5.37. The summed E-state index contributed by atoms with van der Waals surface area (Å²) in [6.45, 7) is 0. The molecular formula is C12H13F2N3. The van der Waals surface area contributed by atoms with E-state index in [9.17, 15) is 8.78 Å². The standard InChI is InChI=1S/C12H13F2N3/c13-9-6-7-10-12(11(9)14)17(16-15-10)8-4-2-1-3-5-8/h6-8H,1-5H2. The van der Waals surface area contributed by atoms with Gasteiger partial charge in [0.15, 0.2) is 11.6 Å². The molecule has 0 atom stereocenters. The summed E-state index contributed by atoms with van der Waals surface area (Å²) in [7, 11) is 0. The molecule has 17 heavy (non-hydrogen) atoms. The normalized spacial score (nSPS) is 17.8. The summed E-state index contributed by atoms with van der Waals surface area (Å²) >= 11 is 0. The van der Waals surface area contributed by atoms with Crippen LogP contribution in [0, 0.1) is 11.6 Å². The van der Waals surface area contributed by atoms with Crippen LogP contribution < -0.4 is 0 Å². The van der Waals surface area contributed by atoms with Crippen molar-refractivity contribution in [2.24, 2.45) is 0 Å². The fourth-order valence-corrected chi connectivity index (χ4v) is 2.55. The molecule has 1 aromatic heterocycles. The van der Waals surface area contributed by atoms with Gasteiger partial charge in [-0.15, -0.1) is 5.10 Å². The minimum atomic E-state index is -0.836. The molecule has 1 heterocycles. The van der Waals surface area contributed by atoms with Crippen molar-refractivity contribution in [3.8, 4) is 0 Å². The van der Waals surface area contributed by atoms with Gasteiger partial charge in [-0.05, 0) is 25.0 Å². The van der Waals surface area contributed by atoms with Crippen LogP contribution in [0.4, 0.5) is 8.78 Å². The minimum Gasteiger partial charge on any atom is -0.238 e. The van der Waals surface area contributed by atoms with E-state index in [4.69, 9.17) is 0 Å². The van der Waals surface area contributed by atoms with E-state index in [1.54, 1.807) is 4.68 Å². The first-order chi connectivity index (χ1) is 8.27. The molecule has 1 aliphatic carbocycles. The highest BCUT2D eigenvalue weighted by molar-refractivity contribution is 5.75. The van der Waals surface area contributed by atoms with Gasteiger partial charge in [0.2, 0.25) is 0 Å². The fraction of sp³-hybridized carbons (Fsp3) is 0.500. The SMILES string of the molecule is Fc1ccc2nnn(C3CCCCC3)c2c1F. The van der Waals surface area contributed by atoms with Crippen molar-refractivity contribution in [3.63, 3.8) is 0 Å². The van der Waals surface area contributed by atoms with E-state index in [2.05, 4.69) is 10.3 Å². The Labute approximate surface area is 97.4 Å². The Kier molecular flexibility index (Phi) is 2.53. The van der Waals surface area contributed by atoms with E-state index in [0.29, 0.717) is 5.52 Å². The number of halogens is 2. The molecule has 90 valence electrons. The highest BCUT2D eigenvalue weighted by atomic mass is 19.2. The number of benzene rings is 1. The first-order valence-electron chi connectivity index (χ1n) is 5.96. The summed E-state index contributed by atoms with van der Waals surface area (Å²) in [5.74, 6) is -1.67. The van der Waals surface area contributed by atoms with Gasteiger partial charge in [0.05, 0.1) is 6.04 Å². The molecule has 3 nitrogen and oxygen atoms in total. The molecule has 0 unspecified atom stereocenters. The van der Waals surface area contributed by atoms with E-state index in [-0.39, 0.29) is 11.6 Å². The molecule has 0 N–H and O–H groups in total. The van der Waals surface area contributed by atoms with Crippen molar-refractivity contribution < 1.29 is 8.78 Å². The Hall–Kier alpha value is -1.52. The average Bonchev–Trinajstić information content (AvgIpc) is 2.79. The van der Waals surface area contributed by atoms with Crippen LogP contribution in [0.25, 0.3) is 11.0 Å². The van der Waals surface area contributed by atoms with Crippen molar-refractivity contribution in [1.29, 1.82) is 0 Å². The summed E-state index contributed by atoms with van der Waals surface area (Å²) < 4.78 is 28.6. The summed E-state index contributed by atoms with van der Waals surface area (Å²) in [5.41, 5.74) is 0.631. The van der Waals surface area contributed by atoms with Gasteiger partial charge in [0.25, 0.3) is 0 Å². The number of nitrogens with zero attached hydrogens (tertiary/aromatic N) is 3.